The van der Waals surface area contributed by atoms with Crippen molar-refractivity contribution in [2.45, 2.75) is 38.6 Å². The lowest BCUT2D eigenvalue weighted by molar-refractivity contribution is -0.138. The molecule has 0 bridgehead atoms. The van der Waals surface area contributed by atoms with E-state index in [1.165, 1.54) is 4.90 Å². The third kappa shape index (κ3) is 5.35. The molecule has 0 aromatic rings. The maximum absolute atomic E-state index is 11.9. The smallest absolute Gasteiger partial charge is 0.315 e. The summed E-state index contributed by atoms with van der Waals surface area (Å²) in [6.07, 6.45) is 2.41. The Labute approximate surface area is 137 Å². The molecular weight excluding hydrogens is 296 g/mol. The molecule has 0 saturated carbocycles. The van der Waals surface area contributed by atoms with Gasteiger partial charge in [-0.05, 0) is 19.8 Å². The van der Waals surface area contributed by atoms with Crippen LogP contribution in [0.15, 0.2) is 12.2 Å². The van der Waals surface area contributed by atoms with Gasteiger partial charge in [-0.1, -0.05) is 12.2 Å². The van der Waals surface area contributed by atoms with E-state index >= 15 is 0 Å². The lowest BCUT2D eigenvalue weighted by Gasteiger charge is -2.32. The molecular formula is C16H26N4O3. The van der Waals surface area contributed by atoms with Crippen molar-refractivity contribution in [2.24, 2.45) is 0 Å². The molecule has 2 saturated heterocycles. The summed E-state index contributed by atoms with van der Waals surface area (Å²) in [5.74, 6) is -0.302. The van der Waals surface area contributed by atoms with Crippen molar-refractivity contribution < 1.29 is 14.4 Å². The average Bonchev–Trinajstić information content (AvgIpc) is 2.80. The molecule has 0 atom stereocenters. The van der Waals surface area contributed by atoms with Gasteiger partial charge in [-0.25, -0.2) is 4.79 Å². The molecule has 4 amide bonds. The van der Waals surface area contributed by atoms with Crippen LogP contribution in [0.25, 0.3) is 0 Å². The number of imide groups is 1. The Morgan fingerprint density at radius 2 is 1.83 bits per heavy atom. The summed E-state index contributed by atoms with van der Waals surface area (Å²) < 4.78 is 0. The van der Waals surface area contributed by atoms with E-state index in [0.717, 1.165) is 38.0 Å². The molecule has 2 N–H and O–H groups in total. The van der Waals surface area contributed by atoms with E-state index in [1.54, 1.807) is 0 Å². The van der Waals surface area contributed by atoms with Crippen LogP contribution >= 0.6 is 0 Å². The molecule has 0 aromatic heterocycles. The molecule has 0 spiro atoms. The SMILES string of the molecule is C=C(C)CN1CCC(NC(=O)NCCN2C(=O)CCC2=O)CC1. The summed E-state index contributed by atoms with van der Waals surface area (Å²) >= 11 is 0. The van der Waals surface area contributed by atoms with Crippen molar-refractivity contribution in [3.8, 4) is 0 Å². The van der Waals surface area contributed by atoms with Gasteiger partial charge in [0.25, 0.3) is 0 Å². The number of amides is 4. The first-order valence-electron chi connectivity index (χ1n) is 8.20. The highest BCUT2D eigenvalue weighted by atomic mass is 16.2. The van der Waals surface area contributed by atoms with Crippen molar-refractivity contribution in [2.75, 3.05) is 32.7 Å². The van der Waals surface area contributed by atoms with Crippen LogP contribution in [0.1, 0.15) is 32.6 Å². The van der Waals surface area contributed by atoms with Gasteiger partial charge in [0.1, 0.15) is 0 Å². The van der Waals surface area contributed by atoms with Gasteiger partial charge < -0.3 is 10.6 Å². The topological polar surface area (TPSA) is 81.8 Å². The molecule has 2 heterocycles. The number of carbonyl (C=O) groups is 3. The van der Waals surface area contributed by atoms with Crippen molar-refractivity contribution in [1.82, 2.24) is 20.4 Å². The minimum absolute atomic E-state index is 0.151. The van der Waals surface area contributed by atoms with E-state index in [0.29, 0.717) is 0 Å². The summed E-state index contributed by atoms with van der Waals surface area (Å²) in [5, 5.41) is 5.67. The molecule has 7 nitrogen and oxygen atoms in total. The van der Waals surface area contributed by atoms with Crippen molar-refractivity contribution in [3.63, 3.8) is 0 Å². The number of nitrogens with one attached hydrogen (secondary N) is 2. The molecule has 2 fully saturated rings. The van der Waals surface area contributed by atoms with E-state index in [1.807, 2.05) is 6.92 Å². The second-order valence-electron chi connectivity index (χ2n) is 6.35. The molecule has 2 aliphatic rings. The second-order valence-corrected chi connectivity index (χ2v) is 6.35. The largest absolute Gasteiger partial charge is 0.336 e. The van der Waals surface area contributed by atoms with Gasteiger partial charge in [-0.3, -0.25) is 19.4 Å². The van der Waals surface area contributed by atoms with Crippen LogP contribution < -0.4 is 10.6 Å². The standard InChI is InChI=1S/C16H26N4O3/c1-12(2)11-19-8-5-13(6-9-19)18-16(23)17-7-10-20-14(21)3-4-15(20)22/h13H,1,3-11H2,2H3,(H2,17,18,23). The van der Waals surface area contributed by atoms with Gasteiger partial charge in [-0.2, -0.15) is 0 Å². The predicted octanol–water partition coefficient (Wildman–Crippen LogP) is 0.475. The zero-order chi connectivity index (χ0) is 16.8. The summed E-state index contributed by atoms with van der Waals surface area (Å²) in [6.45, 7) is 9.30. The Hall–Kier alpha value is -1.89. The third-order valence-electron chi connectivity index (χ3n) is 4.19. The Bertz CT molecular complexity index is 468. The quantitative estimate of drug-likeness (QED) is 0.550. The zero-order valence-electron chi connectivity index (χ0n) is 13.8. The number of piperidine rings is 1. The number of rotatable bonds is 6. The highest BCUT2D eigenvalue weighted by Crippen LogP contribution is 2.12. The molecule has 0 unspecified atom stereocenters. The van der Waals surface area contributed by atoms with Crippen LogP contribution in [-0.4, -0.2) is 66.4 Å². The molecule has 7 heteroatoms. The van der Waals surface area contributed by atoms with E-state index in [-0.39, 0.29) is 49.8 Å². The van der Waals surface area contributed by atoms with Crippen LogP contribution in [0, 0.1) is 0 Å². The Balaban J connectivity index is 1.61. The van der Waals surface area contributed by atoms with Crippen LogP contribution in [0.2, 0.25) is 0 Å². The maximum atomic E-state index is 11.9. The Morgan fingerprint density at radius 3 is 2.39 bits per heavy atom. The summed E-state index contributed by atoms with van der Waals surface area (Å²) in [6, 6.07) is -0.0612. The second kappa shape index (κ2) is 8.10. The van der Waals surface area contributed by atoms with Crippen molar-refractivity contribution in [1.29, 1.82) is 0 Å². The number of likely N-dealkylation sites (tertiary alicyclic amines) is 2. The Morgan fingerprint density at radius 1 is 1.22 bits per heavy atom. The molecule has 128 valence electrons. The molecule has 23 heavy (non-hydrogen) atoms. The van der Waals surface area contributed by atoms with E-state index in [4.69, 9.17) is 0 Å². The van der Waals surface area contributed by atoms with Crippen LogP contribution in [0.4, 0.5) is 4.79 Å². The van der Waals surface area contributed by atoms with Gasteiger partial charge >= 0.3 is 6.03 Å². The summed E-state index contributed by atoms with van der Waals surface area (Å²) in [5.41, 5.74) is 1.15. The summed E-state index contributed by atoms with van der Waals surface area (Å²) in [7, 11) is 0. The number of urea groups is 1. The maximum Gasteiger partial charge on any atom is 0.315 e. The van der Waals surface area contributed by atoms with Gasteiger partial charge in [0.15, 0.2) is 0 Å². The predicted molar refractivity (Wildman–Crippen MR) is 86.8 cm³/mol. The molecule has 0 aliphatic carbocycles. The Kier molecular flexibility index (Phi) is 6.15. The third-order valence-corrected chi connectivity index (χ3v) is 4.19. The first-order chi connectivity index (χ1) is 11.0. The van der Waals surface area contributed by atoms with Crippen molar-refractivity contribution >= 4 is 17.8 Å². The average molecular weight is 322 g/mol. The van der Waals surface area contributed by atoms with Gasteiger partial charge in [0.05, 0.1) is 0 Å². The van der Waals surface area contributed by atoms with Crippen LogP contribution in [0.3, 0.4) is 0 Å². The van der Waals surface area contributed by atoms with E-state index < -0.39 is 0 Å². The zero-order valence-corrected chi connectivity index (χ0v) is 13.8. The number of carbonyl (C=O) groups excluding carboxylic acids is 3. The van der Waals surface area contributed by atoms with Crippen LogP contribution in [-0.2, 0) is 9.59 Å². The molecule has 2 rings (SSSR count). The van der Waals surface area contributed by atoms with E-state index in [2.05, 4.69) is 22.1 Å². The van der Waals surface area contributed by atoms with Gasteiger partial charge in [0, 0.05) is 51.6 Å². The number of hydrogen-bond donors (Lipinski definition) is 2. The van der Waals surface area contributed by atoms with Crippen LogP contribution in [0.5, 0.6) is 0 Å². The summed E-state index contributed by atoms with van der Waals surface area (Å²) in [4.78, 5) is 38.3. The minimum atomic E-state index is -0.234. The first-order valence-corrected chi connectivity index (χ1v) is 8.20. The number of nitrogens with zero attached hydrogens (tertiary/aromatic N) is 2. The fraction of sp³-hybridized carbons (Fsp3) is 0.688. The van der Waals surface area contributed by atoms with E-state index in [9.17, 15) is 14.4 Å². The van der Waals surface area contributed by atoms with Crippen molar-refractivity contribution in [3.05, 3.63) is 12.2 Å². The molecule has 0 radical (unpaired) electrons. The highest BCUT2D eigenvalue weighted by molar-refractivity contribution is 6.01. The minimum Gasteiger partial charge on any atom is -0.336 e. The van der Waals surface area contributed by atoms with Gasteiger partial charge in [0.2, 0.25) is 11.8 Å². The monoisotopic (exact) mass is 322 g/mol. The number of hydrogen-bond acceptors (Lipinski definition) is 4. The lowest BCUT2D eigenvalue weighted by atomic mass is 10.0. The van der Waals surface area contributed by atoms with Gasteiger partial charge in [-0.15, -0.1) is 0 Å². The molecule has 0 aromatic carbocycles. The normalized spacial score (nSPS) is 20.0. The first kappa shape index (κ1) is 17.5. The lowest BCUT2D eigenvalue weighted by Crippen LogP contribution is -2.49. The molecule has 2 aliphatic heterocycles. The highest BCUT2D eigenvalue weighted by Gasteiger charge is 2.28. The fourth-order valence-corrected chi connectivity index (χ4v) is 3.01. The fourth-order valence-electron chi connectivity index (χ4n) is 3.01.